The third-order valence-corrected chi connectivity index (χ3v) is 3.48. The lowest BCUT2D eigenvalue weighted by atomic mass is 10.1. The molecule has 0 unspecified atom stereocenters. The van der Waals surface area contributed by atoms with Gasteiger partial charge >= 0.3 is 0 Å². The molecule has 2 aromatic carbocycles. The van der Waals surface area contributed by atoms with E-state index in [4.69, 9.17) is 14.2 Å². The molecule has 0 heterocycles. The van der Waals surface area contributed by atoms with Crippen LogP contribution < -0.4 is 19.5 Å². The van der Waals surface area contributed by atoms with Gasteiger partial charge in [-0.25, -0.2) is 0 Å². The van der Waals surface area contributed by atoms with Crippen LogP contribution in [0.15, 0.2) is 36.4 Å². The molecule has 0 atom stereocenters. The topological polar surface area (TPSA) is 80.6 Å². The number of benzene rings is 2. The van der Waals surface area contributed by atoms with Crippen LogP contribution in [0.25, 0.3) is 0 Å². The molecule has 0 saturated heterocycles. The van der Waals surface area contributed by atoms with Gasteiger partial charge < -0.3 is 19.5 Å². The van der Waals surface area contributed by atoms with Gasteiger partial charge in [0.05, 0.1) is 36.6 Å². The standard InChI is InChI=1S/C20H22N2O4/c1-4-24-17-10-8-7-9-15(17)20(23)22-16-12-19(26-6-3)18(25-5-2)11-14(16)13-21/h7-12H,4-6H2,1-3H3,(H,22,23). The van der Waals surface area contributed by atoms with E-state index < -0.39 is 0 Å². The first-order valence-electron chi connectivity index (χ1n) is 8.51. The molecule has 0 aromatic heterocycles. The molecule has 0 saturated carbocycles. The highest BCUT2D eigenvalue weighted by atomic mass is 16.5. The maximum Gasteiger partial charge on any atom is 0.259 e. The van der Waals surface area contributed by atoms with Gasteiger partial charge in [0.25, 0.3) is 5.91 Å². The molecule has 0 aliphatic carbocycles. The van der Waals surface area contributed by atoms with Gasteiger partial charge in [0.1, 0.15) is 11.8 Å². The summed E-state index contributed by atoms with van der Waals surface area (Å²) in [6.07, 6.45) is 0. The van der Waals surface area contributed by atoms with Crippen LogP contribution in [0.3, 0.4) is 0 Å². The fraction of sp³-hybridized carbons (Fsp3) is 0.300. The van der Waals surface area contributed by atoms with Crippen molar-refractivity contribution in [1.29, 1.82) is 5.26 Å². The Morgan fingerprint density at radius 3 is 2.15 bits per heavy atom. The van der Waals surface area contributed by atoms with Crippen LogP contribution in [-0.4, -0.2) is 25.7 Å². The van der Waals surface area contributed by atoms with E-state index in [0.29, 0.717) is 53.9 Å². The molecule has 2 rings (SSSR count). The Kier molecular flexibility index (Phi) is 6.86. The summed E-state index contributed by atoms with van der Waals surface area (Å²) >= 11 is 0. The molecule has 0 fully saturated rings. The van der Waals surface area contributed by atoms with E-state index >= 15 is 0 Å². The van der Waals surface area contributed by atoms with Crippen molar-refractivity contribution < 1.29 is 19.0 Å². The van der Waals surface area contributed by atoms with Gasteiger partial charge in [-0.2, -0.15) is 5.26 Å². The predicted octanol–water partition coefficient (Wildman–Crippen LogP) is 4.01. The Morgan fingerprint density at radius 2 is 1.54 bits per heavy atom. The van der Waals surface area contributed by atoms with Crippen LogP contribution in [0.2, 0.25) is 0 Å². The number of hydrogen-bond donors (Lipinski definition) is 1. The molecule has 1 amide bonds. The van der Waals surface area contributed by atoms with E-state index in [1.54, 1.807) is 36.4 Å². The van der Waals surface area contributed by atoms with Crippen LogP contribution in [-0.2, 0) is 0 Å². The van der Waals surface area contributed by atoms with Crippen molar-refractivity contribution in [2.45, 2.75) is 20.8 Å². The molecule has 136 valence electrons. The summed E-state index contributed by atoms with van der Waals surface area (Å²) in [6.45, 7) is 6.88. The van der Waals surface area contributed by atoms with Crippen molar-refractivity contribution in [3.8, 4) is 23.3 Å². The zero-order valence-electron chi connectivity index (χ0n) is 15.2. The van der Waals surface area contributed by atoms with Gasteiger partial charge in [0.2, 0.25) is 0 Å². The Bertz CT molecular complexity index is 812. The Morgan fingerprint density at radius 1 is 0.962 bits per heavy atom. The van der Waals surface area contributed by atoms with E-state index in [1.807, 2.05) is 20.8 Å². The van der Waals surface area contributed by atoms with Crippen molar-refractivity contribution in [2.24, 2.45) is 0 Å². The number of amides is 1. The largest absolute Gasteiger partial charge is 0.493 e. The Hall–Kier alpha value is -3.20. The second kappa shape index (κ2) is 9.33. The second-order valence-corrected chi connectivity index (χ2v) is 5.21. The van der Waals surface area contributed by atoms with E-state index in [1.165, 1.54) is 0 Å². The minimum Gasteiger partial charge on any atom is -0.493 e. The van der Waals surface area contributed by atoms with Gasteiger partial charge in [-0.1, -0.05) is 12.1 Å². The summed E-state index contributed by atoms with van der Waals surface area (Å²) < 4.78 is 16.6. The smallest absolute Gasteiger partial charge is 0.259 e. The molecule has 0 bridgehead atoms. The second-order valence-electron chi connectivity index (χ2n) is 5.21. The fourth-order valence-electron chi connectivity index (χ4n) is 2.42. The Labute approximate surface area is 153 Å². The van der Waals surface area contributed by atoms with Crippen LogP contribution in [0.4, 0.5) is 5.69 Å². The molecule has 2 aromatic rings. The third-order valence-electron chi connectivity index (χ3n) is 3.48. The molecule has 26 heavy (non-hydrogen) atoms. The number of hydrogen-bond acceptors (Lipinski definition) is 5. The van der Waals surface area contributed by atoms with Crippen molar-refractivity contribution >= 4 is 11.6 Å². The molecule has 6 heteroatoms. The molecule has 6 nitrogen and oxygen atoms in total. The quantitative estimate of drug-likeness (QED) is 0.775. The molecule has 1 N–H and O–H groups in total. The number of carbonyl (C=O) groups is 1. The molecule has 0 spiro atoms. The average Bonchev–Trinajstić information content (AvgIpc) is 2.64. The zero-order valence-corrected chi connectivity index (χ0v) is 15.2. The van der Waals surface area contributed by atoms with E-state index in [0.717, 1.165) is 0 Å². The minimum atomic E-state index is -0.364. The van der Waals surface area contributed by atoms with Gasteiger partial charge in [0, 0.05) is 12.1 Å². The van der Waals surface area contributed by atoms with Crippen LogP contribution >= 0.6 is 0 Å². The summed E-state index contributed by atoms with van der Waals surface area (Å²) in [5.74, 6) is 1.07. The van der Waals surface area contributed by atoms with Crippen LogP contribution in [0, 0.1) is 11.3 Å². The van der Waals surface area contributed by atoms with Crippen molar-refractivity contribution in [3.63, 3.8) is 0 Å². The normalized spacial score (nSPS) is 9.92. The first kappa shape index (κ1) is 19.1. The highest BCUT2D eigenvalue weighted by Gasteiger charge is 2.17. The zero-order chi connectivity index (χ0) is 18.9. The molecular weight excluding hydrogens is 332 g/mol. The predicted molar refractivity (Wildman–Crippen MR) is 99.1 cm³/mol. The number of ether oxygens (including phenoxy) is 3. The van der Waals surface area contributed by atoms with Gasteiger partial charge in [-0.3, -0.25) is 4.79 Å². The first-order valence-corrected chi connectivity index (χ1v) is 8.51. The van der Waals surface area contributed by atoms with Gasteiger partial charge in [0.15, 0.2) is 11.5 Å². The maximum absolute atomic E-state index is 12.7. The van der Waals surface area contributed by atoms with Crippen LogP contribution in [0.1, 0.15) is 36.7 Å². The Balaban J connectivity index is 2.38. The monoisotopic (exact) mass is 354 g/mol. The lowest BCUT2D eigenvalue weighted by Crippen LogP contribution is -2.15. The fourth-order valence-corrected chi connectivity index (χ4v) is 2.42. The van der Waals surface area contributed by atoms with Crippen LogP contribution in [0.5, 0.6) is 17.2 Å². The van der Waals surface area contributed by atoms with E-state index in [-0.39, 0.29) is 5.91 Å². The minimum absolute atomic E-state index is 0.291. The summed E-state index contributed by atoms with van der Waals surface area (Å²) in [5.41, 5.74) is 1.04. The number of nitrogens with one attached hydrogen (secondary N) is 1. The third kappa shape index (κ3) is 4.45. The number of nitrogens with zero attached hydrogens (tertiary/aromatic N) is 1. The molecular formula is C20H22N2O4. The maximum atomic E-state index is 12.7. The van der Waals surface area contributed by atoms with E-state index in [2.05, 4.69) is 11.4 Å². The van der Waals surface area contributed by atoms with Gasteiger partial charge in [-0.15, -0.1) is 0 Å². The molecule has 0 radical (unpaired) electrons. The summed E-state index contributed by atoms with van der Waals surface area (Å²) in [4.78, 5) is 12.7. The van der Waals surface area contributed by atoms with Crippen molar-refractivity contribution in [2.75, 3.05) is 25.1 Å². The lowest BCUT2D eigenvalue weighted by Gasteiger charge is -2.15. The summed E-state index contributed by atoms with van der Waals surface area (Å²) in [5, 5.41) is 12.2. The number of carbonyl (C=O) groups excluding carboxylic acids is 1. The summed E-state index contributed by atoms with van der Waals surface area (Å²) in [6, 6.07) is 12.2. The van der Waals surface area contributed by atoms with Crippen molar-refractivity contribution in [1.82, 2.24) is 0 Å². The van der Waals surface area contributed by atoms with Crippen molar-refractivity contribution in [3.05, 3.63) is 47.5 Å². The highest BCUT2D eigenvalue weighted by Crippen LogP contribution is 2.34. The highest BCUT2D eigenvalue weighted by molar-refractivity contribution is 6.07. The number of anilines is 1. The summed E-state index contributed by atoms with van der Waals surface area (Å²) in [7, 11) is 0. The lowest BCUT2D eigenvalue weighted by molar-refractivity contribution is 0.102. The number of para-hydroxylation sites is 1. The molecule has 0 aliphatic heterocycles. The average molecular weight is 354 g/mol. The first-order chi connectivity index (χ1) is 12.6. The number of rotatable bonds is 8. The molecule has 0 aliphatic rings. The van der Waals surface area contributed by atoms with Gasteiger partial charge in [-0.05, 0) is 32.9 Å². The number of nitriles is 1. The SMILES string of the molecule is CCOc1cc(C#N)c(NC(=O)c2ccccc2OCC)cc1OCC. The van der Waals surface area contributed by atoms with E-state index in [9.17, 15) is 10.1 Å².